The Morgan fingerprint density at radius 3 is 2.44 bits per heavy atom. The Balaban J connectivity index is 2.29. The molecule has 0 aromatic heterocycles. The van der Waals surface area contributed by atoms with Crippen LogP contribution >= 0.6 is 11.6 Å². The second-order valence-corrected chi connectivity index (χ2v) is 6.38. The van der Waals surface area contributed by atoms with Crippen LogP contribution in [0.4, 0.5) is 0 Å². The largest absolute Gasteiger partial charge is 0.459 e. The van der Waals surface area contributed by atoms with Crippen molar-refractivity contribution in [2.45, 2.75) is 51.0 Å². The maximum Gasteiger partial charge on any atom is 0.317 e. The van der Waals surface area contributed by atoms with Gasteiger partial charge in [0, 0.05) is 5.02 Å². The third-order valence-corrected chi connectivity index (χ3v) is 3.61. The van der Waals surface area contributed by atoms with Gasteiger partial charge in [0.05, 0.1) is 5.41 Å². The van der Waals surface area contributed by atoms with Crippen LogP contribution in [0.15, 0.2) is 24.3 Å². The molecule has 0 aliphatic heterocycles. The third-order valence-electron chi connectivity index (χ3n) is 3.37. The Hall–Kier alpha value is -1.02. The quantitative estimate of drug-likeness (QED) is 0.753. The third kappa shape index (κ3) is 2.54. The molecule has 0 saturated heterocycles. The van der Waals surface area contributed by atoms with Crippen molar-refractivity contribution in [2.24, 2.45) is 0 Å². The molecule has 0 atom stereocenters. The molecule has 2 nitrogen and oxygen atoms in total. The lowest BCUT2D eigenvalue weighted by atomic mass is 9.64. The summed E-state index contributed by atoms with van der Waals surface area (Å²) >= 11 is 6.02. The number of hydrogen-bond acceptors (Lipinski definition) is 2. The molecule has 0 bridgehead atoms. The van der Waals surface area contributed by atoms with Crippen LogP contribution in [0.2, 0.25) is 5.02 Å². The van der Waals surface area contributed by atoms with Crippen LogP contribution in [0.3, 0.4) is 0 Å². The van der Waals surface area contributed by atoms with E-state index in [2.05, 4.69) is 0 Å². The molecule has 0 unspecified atom stereocenters. The number of benzene rings is 1. The zero-order valence-electron chi connectivity index (χ0n) is 11.1. The normalized spacial score (nSPS) is 18.0. The summed E-state index contributed by atoms with van der Waals surface area (Å²) in [6, 6.07) is 7.56. The van der Waals surface area contributed by atoms with Crippen LogP contribution in [0.25, 0.3) is 0 Å². The average molecular weight is 267 g/mol. The Morgan fingerprint density at radius 1 is 1.33 bits per heavy atom. The van der Waals surface area contributed by atoms with Gasteiger partial charge in [-0.15, -0.1) is 0 Å². The zero-order valence-corrected chi connectivity index (χ0v) is 11.9. The van der Waals surface area contributed by atoms with Crippen LogP contribution in [-0.4, -0.2) is 11.6 Å². The predicted octanol–water partition coefficient (Wildman–Crippen LogP) is 4.10. The summed E-state index contributed by atoms with van der Waals surface area (Å²) in [5, 5.41) is 0.669. The first-order chi connectivity index (χ1) is 8.33. The second-order valence-electron chi connectivity index (χ2n) is 5.95. The van der Waals surface area contributed by atoms with Gasteiger partial charge >= 0.3 is 5.97 Å². The van der Waals surface area contributed by atoms with Gasteiger partial charge in [0.25, 0.3) is 0 Å². The molecule has 1 aliphatic rings. The van der Waals surface area contributed by atoms with Crippen LogP contribution < -0.4 is 0 Å². The highest BCUT2D eigenvalue weighted by atomic mass is 35.5. The summed E-state index contributed by atoms with van der Waals surface area (Å²) in [5.74, 6) is -0.122. The number of rotatable bonds is 2. The number of carbonyl (C=O) groups excluding carboxylic acids is 1. The topological polar surface area (TPSA) is 26.3 Å². The molecule has 1 saturated carbocycles. The van der Waals surface area contributed by atoms with Crippen molar-refractivity contribution in [3.63, 3.8) is 0 Å². The first-order valence-electron chi connectivity index (χ1n) is 6.33. The summed E-state index contributed by atoms with van der Waals surface area (Å²) in [6.45, 7) is 5.69. The summed E-state index contributed by atoms with van der Waals surface area (Å²) in [6.07, 6.45) is 2.76. The SMILES string of the molecule is CC(C)(C)OC(=O)C1(c2cccc(Cl)c2)CCC1. The Morgan fingerprint density at radius 2 is 2.00 bits per heavy atom. The monoisotopic (exact) mass is 266 g/mol. The standard InChI is InChI=1S/C15H19ClO2/c1-14(2,3)18-13(17)15(8-5-9-15)11-6-4-7-12(16)10-11/h4,6-7,10H,5,8-9H2,1-3H3. The van der Waals surface area contributed by atoms with Crippen LogP contribution in [-0.2, 0) is 14.9 Å². The summed E-state index contributed by atoms with van der Waals surface area (Å²) in [4.78, 5) is 12.4. The van der Waals surface area contributed by atoms with Gasteiger partial charge in [0.15, 0.2) is 0 Å². The van der Waals surface area contributed by atoms with Gasteiger partial charge < -0.3 is 4.74 Å². The van der Waals surface area contributed by atoms with E-state index in [0.717, 1.165) is 24.8 Å². The minimum Gasteiger partial charge on any atom is -0.459 e. The number of hydrogen-bond donors (Lipinski definition) is 0. The lowest BCUT2D eigenvalue weighted by Crippen LogP contribution is -2.46. The molecule has 18 heavy (non-hydrogen) atoms. The summed E-state index contributed by atoms with van der Waals surface area (Å²) in [7, 11) is 0. The molecule has 0 radical (unpaired) electrons. The van der Waals surface area contributed by atoms with Gasteiger partial charge in [-0.05, 0) is 51.3 Å². The van der Waals surface area contributed by atoms with Gasteiger partial charge in [-0.25, -0.2) is 0 Å². The molecule has 1 aromatic rings. The lowest BCUT2D eigenvalue weighted by Gasteiger charge is -2.41. The molecule has 98 valence electrons. The van der Waals surface area contributed by atoms with E-state index in [9.17, 15) is 4.79 Å². The second kappa shape index (κ2) is 4.58. The van der Waals surface area contributed by atoms with E-state index in [1.165, 1.54) is 0 Å². The number of carbonyl (C=O) groups is 1. The maximum absolute atomic E-state index is 12.4. The fraction of sp³-hybridized carbons (Fsp3) is 0.533. The summed E-state index contributed by atoms with van der Waals surface area (Å²) < 4.78 is 5.56. The summed E-state index contributed by atoms with van der Waals surface area (Å²) in [5.41, 5.74) is 0.0617. The van der Waals surface area contributed by atoms with Crippen molar-refractivity contribution in [3.05, 3.63) is 34.9 Å². The van der Waals surface area contributed by atoms with E-state index in [0.29, 0.717) is 5.02 Å². The average Bonchev–Trinajstić information content (AvgIpc) is 2.12. The van der Waals surface area contributed by atoms with Crippen molar-refractivity contribution < 1.29 is 9.53 Å². The minimum absolute atomic E-state index is 0.122. The number of ether oxygens (including phenoxy) is 1. The first kappa shape index (κ1) is 13.4. The van der Waals surface area contributed by atoms with Crippen LogP contribution in [0, 0.1) is 0 Å². The molecule has 1 aliphatic carbocycles. The molecule has 0 spiro atoms. The molecular weight excluding hydrogens is 248 g/mol. The Labute approximate surface area is 113 Å². The van der Waals surface area contributed by atoms with Crippen molar-refractivity contribution in [3.8, 4) is 0 Å². The molecule has 0 amide bonds. The van der Waals surface area contributed by atoms with Crippen molar-refractivity contribution in [1.82, 2.24) is 0 Å². The van der Waals surface area contributed by atoms with E-state index in [1.807, 2.05) is 45.0 Å². The molecule has 0 N–H and O–H groups in total. The van der Waals surface area contributed by atoms with E-state index in [1.54, 1.807) is 0 Å². The first-order valence-corrected chi connectivity index (χ1v) is 6.71. The van der Waals surface area contributed by atoms with Crippen molar-refractivity contribution in [1.29, 1.82) is 0 Å². The molecule has 1 aromatic carbocycles. The van der Waals surface area contributed by atoms with Crippen molar-refractivity contribution >= 4 is 17.6 Å². The van der Waals surface area contributed by atoms with E-state index < -0.39 is 11.0 Å². The highest BCUT2D eigenvalue weighted by molar-refractivity contribution is 6.30. The van der Waals surface area contributed by atoms with Gasteiger partial charge in [0.2, 0.25) is 0 Å². The van der Waals surface area contributed by atoms with Crippen molar-refractivity contribution in [2.75, 3.05) is 0 Å². The number of esters is 1. The van der Waals surface area contributed by atoms with Gasteiger partial charge in [-0.3, -0.25) is 4.79 Å². The minimum atomic E-state index is -0.474. The zero-order chi connectivity index (χ0) is 13.4. The fourth-order valence-corrected chi connectivity index (χ4v) is 2.49. The molecule has 3 heteroatoms. The highest BCUT2D eigenvalue weighted by Crippen LogP contribution is 2.45. The highest BCUT2D eigenvalue weighted by Gasteiger charge is 2.48. The maximum atomic E-state index is 12.4. The number of halogens is 1. The van der Waals surface area contributed by atoms with E-state index in [4.69, 9.17) is 16.3 Å². The molecule has 2 rings (SSSR count). The predicted molar refractivity (Wildman–Crippen MR) is 72.8 cm³/mol. The van der Waals surface area contributed by atoms with Gasteiger partial charge in [-0.1, -0.05) is 30.2 Å². The Bertz CT molecular complexity index is 456. The van der Waals surface area contributed by atoms with Gasteiger partial charge in [0.1, 0.15) is 5.60 Å². The van der Waals surface area contributed by atoms with Crippen LogP contribution in [0.1, 0.15) is 45.6 Å². The Kier molecular flexibility index (Phi) is 3.41. The molecule has 0 heterocycles. The van der Waals surface area contributed by atoms with Gasteiger partial charge in [-0.2, -0.15) is 0 Å². The molecular formula is C15H19ClO2. The smallest absolute Gasteiger partial charge is 0.317 e. The lowest BCUT2D eigenvalue weighted by molar-refractivity contribution is -0.166. The van der Waals surface area contributed by atoms with E-state index in [-0.39, 0.29) is 5.97 Å². The van der Waals surface area contributed by atoms with Crippen LogP contribution in [0.5, 0.6) is 0 Å². The molecule has 1 fully saturated rings. The fourth-order valence-electron chi connectivity index (χ4n) is 2.30. The van der Waals surface area contributed by atoms with E-state index >= 15 is 0 Å².